The number of nitrogen functional groups attached to an aromatic ring is 1. The molecule has 1 heterocycles. The molecule has 0 aliphatic carbocycles. The van der Waals surface area contributed by atoms with Crippen molar-refractivity contribution in [3.63, 3.8) is 0 Å². The van der Waals surface area contributed by atoms with Crippen molar-refractivity contribution in [1.29, 1.82) is 5.41 Å². The molecule has 1 saturated heterocycles. The smallest absolute Gasteiger partial charge is 0.338 e. The average molecular weight is 493 g/mol. The van der Waals surface area contributed by atoms with Crippen molar-refractivity contribution < 1.29 is 9.59 Å². The highest BCUT2D eigenvalue weighted by Gasteiger charge is 2.21. The van der Waals surface area contributed by atoms with Crippen LogP contribution in [-0.4, -0.2) is 24.3 Å². The number of carbonyl (C=O) groups excluding carboxylic acids is 2. The number of nitrogens with zero attached hydrogens (tertiary/aromatic N) is 2. The molecule has 1 fully saturated rings. The second-order valence-corrected chi connectivity index (χ2v) is 8.20. The second-order valence-electron chi connectivity index (χ2n) is 8.20. The molecule has 3 aromatic carbocycles. The van der Waals surface area contributed by atoms with Crippen LogP contribution in [0.1, 0.15) is 30.4 Å². The van der Waals surface area contributed by atoms with Crippen LogP contribution in [0.15, 0.2) is 72.8 Å². The number of urea groups is 1. The molecule has 4 rings (SSSR count). The number of anilines is 4. The number of aryl methyl sites for hydroxylation is 1. The number of rotatable bonds is 6. The van der Waals surface area contributed by atoms with Crippen molar-refractivity contribution in [2.45, 2.75) is 26.2 Å². The maximum atomic E-state index is 12.9. The van der Waals surface area contributed by atoms with E-state index >= 15 is 0 Å². The van der Waals surface area contributed by atoms with E-state index in [1.54, 1.807) is 29.3 Å². The van der Waals surface area contributed by atoms with Gasteiger partial charge >= 0.3 is 6.03 Å². The summed E-state index contributed by atoms with van der Waals surface area (Å²) in [6.07, 6.45) is 2.50. The summed E-state index contributed by atoms with van der Waals surface area (Å²) in [6, 6.07) is 21.6. The fraction of sp³-hybridized carbons (Fsp3) is 0.192. The average Bonchev–Trinajstić information content (AvgIpc) is 2.84. The molecule has 0 radical (unpaired) electrons. The van der Waals surface area contributed by atoms with E-state index in [4.69, 9.17) is 11.1 Å². The molecule has 9 heteroatoms. The highest BCUT2D eigenvalue weighted by molar-refractivity contribution is 5.97. The number of hydrogen-bond donors (Lipinski definition) is 4. The fourth-order valence-electron chi connectivity index (χ4n) is 4.03. The van der Waals surface area contributed by atoms with Gasteiger partial charge in [0, 0.05) is 29.9 Å². The van der Waals surface area contributed by atoms with Crippen LogP contribution >= 0.6 is 12.4 Å². The molecule has 8 nitrogen and oxygen atoms in total. The van der Waals surface area contributed by atoms with Gasteiger partial charge in [-0.25, -0.2) is 10.2 Å². The minimum Gasteiger partial charge on any atom is -0.384 e. The van der Waals surface area contributed by atoms with Crippen LogP contribution in [0.25, 0.3) is 0 Å². The zero-order valence-electron chi connectivity index (χ0n) is 19.5. The molecule has 0 saturated carbocycles. The van der Waals surface area contributed by atoms with Gasteiger partial charge in [-0.1, -0.05) is 30.3 Å². The van der Waals surface area contributed by atoms with Gasteiger partial charge in [-0.05, 0) is 67.8 Å². The third-order valence-electron chi connectivity index (χ3n) is 5.71. The molecule has 0 aromatic heterocycles. The lowest BCUT2D eigenvalue weighted by molar-refractivity contribution is -0.119. The van der Waals surface area contributed by atoms with Gasteiger partial charge in [0.05, 0.1) is 11.4 Å². The highest BCUT2D eigenvalue weighted by Crippen LogP contribution is 2.28. The minimum atomic E-state index is -0.432. The molecule has 0 atom stereocenters. The summed E-state index contributed by atoms with van der Waals surface area (Å²) in [5, 5.41) is 12.2. The van der Waals surface area contributed by atoms with Gasteiger partial charge in [-0.15, -0.1) is 12.4 Å². The number of hydrazine groups is 1. The first-order valence-electron chi connectivity index (χ1n) is 11.2. The van der Waals surface area contributed by atoms with Crippen LogP contribution in [0.5, 0.6) is 0 Å². The summed E-state index contributed by atoms with van der Waals surface area (Å²) >= 11 is 0. The number of benzene rings is 3. The van der Waals surface area contributed by atoms with Crippen molar-refractivity contribution in [2.24, 2.45) is 5.73 Å². The van der Waals surface area contributed by atoms with E-state index in [2.05, 4.69) is 10.7 Å². The van der Waals surface area contributed by atoms with Gasteiger partial charge in [0.15, 0.2) is 0 Å². The molecule has 3 amide bonds. The maximum absolute atomic E-state index is 12.9. The number of amides is 3. The Hall–Kier alpha value is -4.04. The number of hydrogen-bond acceptors (Lipinski definition) is 4. The second kappa shape index (κ2) is 11.4. The lowest BCUT2D eigenvalue weighted by Gasteiger charge is -2.28. The number of piperidine rings is 1. The monoisotopic (exact) mass is 492 g/mol. The van der Waals surface area contributed by atoms with Gasteiger partial charge in [-0.2, -0.15) is 0 Å². The largest absolute Gasteiger partial charge is 0.384 e. The Morgan fingerprint density at radius 3 is 2.43 bits per heavy atom. The molecule has 0 spiro atoms. The lowest BCUT2D eigenvalue weighted by atomic mass is 10.1. The van der Waals surface area contributed by atoms with Gasteiger partial charge in [0.2, 0.25) is 5.91 Å². The minimum absolute atomic E-state index is 0. The summed E-state index contributed by atoms with van der Waals surface area (Å²) in [6.45, 7) is 2.65. The molecule has 5 N–H and O–H groups in total. The molecule has 1 aliphatic rings. The number of nitrogens with two attached hydrogens (primary N) is 1. The van der Waals surface area contributed by atoms with Gasteiger partial charge in [0.1, 0.15) is 5.84 Å². The van der Waals surface area contributed by atoms with E-state index in [0.717, 1.165) is 36.3 Å². The van der Waals surface area contributed by atoms with Crippen LogP contribution < -0.4 is 26.4 Å². The summed E-state index contributed by atoms with van der Waals surface area (Å²) < 4.78 is 0. The first kappa shape index (κ1) is 25.6. The van der Waals surface area contributed by atoms with E-state index in [-0.39, 0.29) is 24.1 Å². The van der Waals surface area contributed by atoms with E-state index in [0.29, 0.717) is 23.4 Å². The molecule has 3 aromatic rings. The van der Waals surface area contributed by atoms with Crippen LogP contribution in [0.2, 0.25) is 0 Å². The van der Waals surface area contributed by atoms with Crippen molar-refractivity contribution in [3.8, 4) is 0 Å². The van der Waals surface area contributed by atoms with Gasteiger partial charge in [-0.3, -0.25) is 15.2 Å². The molecule has 0 unspecified atom stereocenters. The predicted octanol–water partition coefficient (Wildman–Crippen LogP) is 5.09. The zero-order chi connectivity index (χ0) is 24.1. The van der Waals surface area contributed by atoms with Crippen LogP contribution in [0, 0.1) is 12.3 Å². The number of amidine groups is 1. The quantitative estimate of drug-likeness (QED) is 0.218. The molecule has 0 bridgehead atoms. The first-order chi connectivity index (χ1) is 16.4. The Kier molecular flexibility index (Phi) is 8.33. The molecule has 35 heavy (non-hydrogen) atoms. The third kappa shape index (κ3) is 6.10. The zero-order valence-corrected chi connectivity index (χ0v) is 20.3. The standard InChI is InChI=1S/C26H28N6O2.ClH/c1-18-16-20(13-14-23(18)31-15-6-5-12-24(31)33)29-26(34)30-32(21-9-3-2-4-10-21)22-11-7-8-19(17-22)25(27)28;/h2-4,7-11,13-14,16-17H,5-6,12,15H2,1H3,(H3,27,28)(H2,29,30,34);1H. The van der Waals surface area contributed by atoms with Crippen molar-refractivity contribution in [2.75, 3.05) is 21.8 Å². The van der Waals surface area contributed by atoms with E-state index in [9.17, 15) is 9.59 Å². The Morgan fingerprint density at radius 1 is 1.00 bits per heavy atom. The number of nitrogens with one attached hydrogen (secondary N) is 3. The summed E-state index contributed by atoms with van der Waals surface area (Å²) in [4.78, 5) is 27.1. The van der Waals surface area contributed by atoms with Gasteiger partial charge in [0.25, 0.3) is 0 Å². The topological polar surface area (TPSA) is 115 Å². The maximum Gasteiger partial charge on any atom is 0.338 e. The highest BCUT2D eigenvalue weighted by atomic mass is 35.5. The van der Waals surface area contributed by atoms with Crippen LogP contribution in [0.4, 0.5) is 27.5 Å². The Labute approximate surface area is 211 Å². The third-order valence-corrected chi connectivity index (χ3v) is 5.71. The summed E-state index contributed by atoms with van der Waals surface area (Å²) in [5.74, 6) is 0.0844. The van der Waals surface area contributed by atoms with Gasteiger partial charge < -0.3 is 16.0 Å². The van der Waals surface area contributed by atoms with Crippen molar-refractivity contribution >= 4 is 52.9 Å². The lowest BCUT2D eigenvalue weighted by Crippen LogP contribution is -2.41. The SMILES string of the molecule is Cc1cc(NC(=O)NN(c2ccccc2)c2cccc(C(=N)N)c2)ccc1N1CCCCC1=O.Cl. The fourth-order valence-corrected chi connectivity index (χ4v) is 4.03. The van der Waals surface area contributed by atoms with E-state index in [1.165, 1.54) is 0 Å². The summed E-state index contributed by atoms with van der Waals surface area (Å²) in [7, 11) is 0. The number of para-hydroxylation sites is 1. The Bertz CT molecular complexity index is 1220. The number of carbonyl (C=O) groups is 2. The van der Waals surface area contributed by atoms with Crippen LogP contribution in [-0.2, 0) is 4.79 Å². The van der Waals surface area contributed by atoms with Crippen LogP contribution in [0.3, 0.4) is 0 Å². The Balaban J connectivity index is 0.00000342. The van der Waals surface area contributed by atoms with Crippen molar-refractivity contribution in [1.82, 2.24) is 5.43 Å². The number of halogens is 1. The first-order valence-corrected chi connectivity index (χ1v) is 11.2. The molecular formula is C26H29ClN6O2. The van der Waals surface area contributed by atoms with E-state index < -0.39 is 6.03 Å². The Morgan fingerprint density at radius 2 is 1.74 bits per heavy atom. The normalized spacial score (nSPS) is 12.9. The summed E-state index contributed by atoms with van der Waals surface area (Å²) in [5.41, 5.74) is 12.9. The predicted molar refractivity (Wildman–Crippen MR) is 143 cm³/mol. The van der Waals surface area contributed by atoms with Crippen molar-refractivity contribution in [3.05, 3.63) is 83.9 Å². The molecular weight excluding hydrogens is 464 g/mol. The molecule has 182 valence electrons. The molecule has 1 aliphatic heterocycles. The van der Waals surface area contributed by atoms with E-state index in [1.807, 2.05) is 60.4 Å².